The molecule has 186 valence electrons. The first-order chi connectivity index (χ1) is 18.6. The lowest BCUT2D eigenvalue weighted by Crippen LogP contribution is -2.12. The maximum Gasteiger partial charge on any atom is 0.122 e. The van der Waals surface area contributed by atoms with Crippen molar-refractivity contribution in [2.45, 2.75) is 20.0 Å². The van der Waals surface area contributed by atoms with Crippen LogP contribution in [0, 0.1) is 6.92 Å². The first-order valence-corrected chi connectivity index (χ1v) is 13.5. The van der Waals surface area contributed by atoms with Crippen LogP contribution in [0.15, 0.2) is 109 Å². The zero-order chi connectivity index (χ0) is 25.9. The highest BCUT2D eigenvalue weighted by atomic mass is 127. The molecule has 0 aliphatic heterocycles. The summed E-state index contributed by atoms with van der Waals surface area (Å²) in [5, 5.41) is 1.09. The number of benzene rings is 3. The minimum Gasteiger partial charge on any atom is -0.339 e. The van der Waals surface area contributed by atoms with Gasteiger partial charge in [-0.05, 0) is 53.9 Å². The fourth-order valence-electron chi connectivity index (χ4n) is 4.76. The van der Waals surface area contributed by atoms with Crippen LogP contribution >= 0.6 is 22.9 Å². The van der Waals surface area contributed by atoms with Crippen LogP contribution in [0.1, 0.15) is 17.1 Å². The Morgan fingerprint density at radius 1 is 0.763 bits per heavy atom. The molecule has 6 heteroatoms. The average Bonchev–Trinajstić information content (AvgIpc) is 3.37. The van der Waals surface area contributed by atoms with Gasteiger partial charge in [0.2, 0.25) is 0 Å². The number of halogens is 1. The molecular formula is C32H26IN5. The van der Waals surface area contributed by atoms with Crippen LogP contribution in [0.4, 0.5) is 0 Å². The Balaban J connectivity index is 1.33. The SMILES string of the molecule is Cc1cccc(-c2[nH]c(CN(I)Cc3ccccc3-c3ccccc3)nc2-c2ccc3ncccc3c2)n1. The molecule has 3 aromatic heterocycles. The van der Waals surface area contributed by atoms with E-state index in [2.05, 4.69) is 115 Å². The third-order valence-electron chi connectivity index (χ3n) is 6.54. The fourth-order valence-corrected chi connectivity index (χ4v) is 5.45. The Morgan fingerprint density at radius 2 is 1.61 bits per heavy atom. The molecule has 6 rings (SSSR count). The number of aryl methyl sites for hydroxylation is 1. The van der Waals surface area contributed by atoms with E-state index in [-0.39, 0.29) is 0 Å². The number of aromatic nitrogens is 4. The molecule has 6 aromatic rings. The van der Waals surface area contributed by atoms with Crippen LogP contribution < -0.4 is 0 Å². The van der Waals surface area contributed by atoms with E-state index in [9.17, 15) is 0 Å². The molecule has 0 saturated carbocycles. The lowest BCUT2D eigenvalue weighted by atomic mass is 10.00. The third kappa shape index (κ3) is 5.23. The summed E-state index contributed by atoms with van der Waals surface area (Å²) in [5.41, 5.74) is 9.47. The number of nitrogens with one attached hydrogen (secondary N) is 1. The largest absolute Gasteiger partial charge is 0.339 e. The lowest BCUT2D eigenvalue weighted by molar-refractivity contribution is 0.490. The molecule has 0 atom stereocenters. The maximum atomic E-state index is 5.09. The molecule has 0 bridgehead atoms. The van der Waals surface area contributed by atoms with E-state index in [1.165, 1.54) is 16.7 Å². The Morgan fingerprint density at radius 3 is 2.47 bits per heavy atom. The van der Waals surface area contributed by atoms with Gasteiger partial charge in [-0.1, -0.05) is 72.8 Å². The van der Waals surface area contributed by atoms with Crippen molar-refractivity contribution in [3.8, 4) is 33.8 Å². The van der Waals surface area contributed by atoms with E-state index in [1.54, 1.807) is 0 Å². The van der Waals surface area contributed by atoms with Crippen molar-refractivity contribution in [1.82, 2.24) is 23.0 Å². The number of hydrogen-bond acceptors (Lipinski definition) is 4. The predicted octanol–water partition coefficient (Wildman–Crippen LogP) is 8.01. The molecule has 38 heavy (non-hydrogen) atoms. The predicted molar refractivity (Wildman–Crippen MR) is 162 cm³/mol. The number of imidazole rings is 1. The highest BCUT2D eigenvalue weighted by Crippen LogP contribution is 2.32. The highest BCUT2D eigenvalue weighted by molar-refractivity contribution is 14.1. The summed E-state index contributed by atoms with van der Waals surface area (Å²) in [6.07, 6.45) is 1.82. The normalized spacial score (nSPS) is 11.3. The smallest absolute Gasteiger partial charge is 0.122 e. The quantitative estimate of drug-likeness (QED) is 0.148. The van der Waals surface area contributed by atoms with Crippen molar-refractivity contribution in [2.75, 3.05) is 0 Å². The monoisotopic (exact) mass is 607 g/mol. The Hall–Kier alpha value is -3.88. The zero-order valence-corrected chi connectivity index (χ0v) is 23.1. The number of H-pyrrole nitrogens is 1. The van der Waals surface area contributed by atoms with Crippen LogP contribution in [-0.4, -0.2) is 23.0 Å². The van der Waals surface area contributed by atoms with Gasteiger partial charge in [-0.25, -0.2) is 8.10 Å². The number of aromatic amines is 1. The molecule has 1 N–H and O–H groups in total. The van der Waals surface area contributed by atoms with Crippen molar-refractivity contribution in [2.24, 2.45) is 0 Å². The molecule has 3 aromatic carbocycles. The second kappa shape index (κ2) is 10.8. The molecule has 0 aliphatic carbocycles. The van der Waals surface area contributed by atoms with Gasteiger partial charge in [0.25, 0.3) is 0 Å². The number of hydrogen-bond donors (Lipinski definition) is 1. The van der Waals surface area contributed by atoms with E-state index in [0.717, 1.165) is 51.6 Å². The average molecular weight is 607 g/mol. The van der Waals surface area contributed by atoms with Crippen molar-refractivity contribution in [3.05, 3.63) is 126 Å². The standard InChI is InChI=1S/C32H26IN5/c1-22-9-7-15-29(35-22)32-31(25-16-17-28-24(19-25)13-8-18-34-28)36-30(37-32)21-38(33)20-26-12-5-6-14-27(26)23-10-3-2-4-11-23/h2-19H,20-21H2,1H3,(H,36,37). The molecule has 0 saturated heterocycles. The molecular weight excluding hydrogens is 581 g/mol. The number of pyridine rings is 2. The van der Waals surface area contributed by atoms with Gasteiger partial charge in [0.05, 0.1) is 29.1 Å². The van der Waals surface area contributed by atoms with Gasteiger partial charge in [-0.15, -0.1) is 0 Å². The molecule has 0 amide bonds. The fraction of sp³-hybridized carbons (Fsp3) is 0.0938. The topological polar surface area (TPSA) is 57.7 Å². The first kappa shape index (κ1) is 24.5. The first-order valence-electron chi connectivity index (χ1n) is 12.6. The van der Waals surface area contributed by atoms with Gasteiger partial charge >= 0.3 is 0 Å². The lowest BCUT2D eigenvalue weighted by Gasteiger charge is -2.16. The van der Waals surface area contributed by atoms with E-state index in [1.807, 2.05) is 37.4 Å². The van der Waals surface area contributed by atoms with Crippen molar-refractivity contribution in [1.29, 1.82) is 0 Å². The summed E-state index contributed by atoms with van der Waals surface area (Å²) in [6, 6.07) is 35.6. The van der Waals surface area contributed by atoms with E-state index in [4.69, 9.17) is 9.97 Å². The summed E-state index contributed by atoms with van der Waals surface area (Å²) < 4.78 is 2.26. The van der Waals surface area contributed by atoms with Gasteiger partial charge in [0, 0.05) is 52.2 Å². The van der Waals surface area contributed by atoms with Crippen LogP contribution in [0.3, 0.4) is 0 Å². The van der Waals surface area contributed by atoms with Gasteiger partial charge < -0.3 is 4.98 Å². The summed E-state index contributed by atoms with van der Waals surface area (Å²) in [5.74, 6) is 0.899. The second-order valence-corrected chi connectivity index (χ2v) is 10.6. The minimum absolute atomic E-state index is 0.664. The van der Waals surface area contributed by atoms with E-state index < -0.39 is 0 Å². The number of fused-ring (bicyclic) bond motifs is 1. The molecule has 0 fully saturated rings. The summed E-state index contributed by atoms with van der Waals surface area (Å²) in [7, 11) is 0. The molecule has 3 heterocycles. The van der Waals surface area contributed by atoms with Crippen LogP contribution in [0.2, 0.25) is 0 Å². The van der Waals surface area contributed by atoms with Crippen molar-refractivity contribution in [3.63, 3.8) is 0 Å². The Kier molecular flexibility index (Phi) is 6.98. The molecule has 0 spiro atoms. The molecule has 0 radical (unpaired) electrons. The van der Waals surface area contributed by atoms with Gasteiger partial charge in [-0.2, -0.15) is 0 Å². The molecule has 0 aliphatic rings. The van der Waals surface area contributed by atoms with Crippen molar-refractivity contribution < 1.29 is 0 Å². The second-order valence-electron chi connectivity index (χ2n) is 9.28. The number of nitrogens with zero attached hydrogens (tertiary/aromatic N) is 4. The van der Waals surface area contributed by atoms with Gasteiger partial charge in [0.15, 0.2) is 0 Å². The summed E-state index contributed by atoms with van der Waals surface area (Å²) >= 11 is 2.40. The highest BCUT2D eigenvalue weighted by Gasteiger charge is 2.18. The summed E-state index contributed by atoms with van der Waals surface area (Å²) in [4.78, 5) is 18.0. The van der Waals surface area contributed by atoms with Crippen LogP contribution in [0.5, 0.6) is 0 Å². The minimum atomic E-state index is 0.664. The maximum absolute atomic E-state index is 5.09. The van der Waals surface area contributed by atoms with E-state index in [0.29, 0.717) is 6.54 Å². The van der Waals surface area contributed by atoms with Crippen molar-refractivity contribution >= 4 is 33.8 Å². The Bertz CT molecular complexity index is 1710. The van der Waals surface area contributed by atoms with E-state index >= 15 is 0 Å². The van der Waals surface area contributed by atoms with Gasteiger partial charge in [-0.3, -0.25) is 9.97 Å². The summed E-state index contributed by atoms with van der Waals surface area (Å²) in [6.45, 7) is 3.47. The zero-order valence-electron chi connectivity index (χ0n) is 21.0. The van der Waals surface area contributed by atoms with Crippen LogP contribution in [-0.2, 0) is 13.1 Å². The molecule has 0 unspecified atom stereocenters. The molecule has 5 nitrogen and oxygen atoms in total. The Labute approximate surface area is 236 Å². The third-order valence-corrected chi connectivity index (χ3v) is 7.22. The number of rotatable bonds is 7. The van der Waals surface area contributed by atoms with Gasteiger partial charge in [0.1, 0.15) is 5.82 Å². The van der Waals surface area contributed by atoms with Crippen LogP contribution in [0.25, 0.3) is 44.7 Å².